The van der Waals surface area contributed by atoms with Crippen molar-refractivity contribution < 1.29 is 4.74 Å². The Morgan fingerprint density at radius 3 is 2.28 bits per heavy atom. The molecule has 1 unspecified atom stereocenters. The summed E-state index contributed by atoms with van der Waals surface area (Å²) in [6, 6.07) is 14.7. The third kappa shape index (κ3) is 3.16. The third-order valence-corrected chi connectivity index (χ3v) is 3.15. The zero-order chi connectivity index (χ0) is 13.0. The molecule has 0 fully saturated rings. The largest absolute Gasteiger partial charge is 0.484 e. The van der Waals surface area contributed by atoms with E-state index in [4.69, 9.17) is 33.7 Å². The monoisotopic (exact) mass is 281 g/mol. The average Bonchev–Trinajstić information content (AvgIpc) is 2.39. The molecule has 1 atom stereocenters. The fourth-order valence-corrected chi connectivity index (χ4v) is 2.04. The molecule has 94 valence electrons. The Hall–Kier alpha value is -1.22. The van der Waals surface area contributed by atoms with E-state index in [9.17, 15) is 0 Å². The highest BCUT2D eigenvalue weighted by Crippen LogP contribution is 2.27. The molecule has 2 nitrogen and oxygen atoms in total. The maximum Gasteiger partial charge on any atom is 0.137 e. The number of nitrogens with two attached hydrogens (primary N) is 1. The van der Waals surface area contributed by atoms with Crippen LogP contribution in [0.25, 0.3) is 0 Å². The van der Waals surface area contributed by atoms with Gasteiger partial charge in [-0.1, -0.05) is 41.4 Å². The van der Waals surface area contributed by atoms with Crippen molar-refractivity contribution >= 4 is 23.2 Å². The minimum Gasteiger partial charge on any atom is -0.484 e. The smallest absolute Gasteiger partial charge is 0.137 e. The topological polar surface area (TPSA) is 35.2 Å². The zero-order valence-corrected chi connectivity index (χ0v) is 11.2. The minimum absolute atomic E-state index is 0.264. The van der Waals surface area contributed by atoms with Gasteiger partial charge >= 0.3 is 0 Å². The summed E-state index contributed by atoms with van der Waals surface area (Å²) in [5, 5.41) is 1.33. The molecule has 0 spiro atoms. The van der Waals surface area contributed by atoms with Crippen LogP contribution in [0.5, 0.6) is 5.75 Å². The predicted octanol–water partition coefficient (Wildman–Crippen LogP) is 4.07. The van der Waals surface area contributed by atoms with E-state index in [-0.39, 0.29) is 6.10 Å². The summed E-state index contributed by atoms with van der Waals surface area (Å²) in [5.74, 6) is 0.717. The van der Waals surface area contributed by atoms with Crippen molar-refractivity contribution in [2.75, 3.05) is 6.54 Å². The molecule has 0 aliphatic carbocycles. The van der Waals surface area contributed by atoms with Gasteiger partial charge < -0.3 is 10.5 Å². The van der Waals surface area contributed by atoms with Crippen molar-refractivity contribution in [1.82, 2.24) is 0 Å². The van der Waals surface area contributed by atoms with Crippen molar-refractivity contribution in [1.29, 1.82) is 0 Å². The molecule has 0 saturated heterocycles. The molecular formula is C14H13Cl2NO. The van der Waals surface area contributed by atoms with Crippen molar-refractivity contribution in [3.05, 3.63) is 64.1 Å². The third-order valence-electron chi connectivity index (χ3n) is 2.56. The molecule has 2 aromatic rings. The first-order chi connectivity index (χ1) is 8.70. The molecule has 0 bridgehead atoms. The highest BCUT2D eigenvalue weighted by Gasteiger charge is 2.14. The van der Waals surface area contributed by atoms with Crippen LogP contribution in [-0.2, 0) is 0 Å². The molecule has 0 saturated carbocycles. The van der Waals surface area contributed by atoms with Crippen LogP contribution in [0, 0.1) is 0 Å². The molecule has 0 aliphatic heterocycles. The highest BCUT2D eigenvalue weighted by molar-refractivity contribution is 6.31. The predicted molar refractivity (Wildman–Crippen MR) is 75.3 cm³/mol. The lowest BCUT2D eigenvalue weighted by molar-refractivity contribution is 0.214. The van der Waals surface area contributed by atoms with Crippen LogP contribution in [0.3, 0.4) is 0 Å². The first-order valence-corrected chi connectivity index (χ1v) is 6.33. The van der Waals surface area contributed by atoms with E-state index in [1.54, 1.807) is 12.1 Å². The van der Waals surface area contributed by atoms with Gasteiger partial charge in [0.15, 0.2) is 0 Å². The average molecular weight is 282 g/mol. The Kier molecular flexibility index (Phi) is 4.48. The summed E-state index contributed by atoms with van der Waals surface area (Å²) in [6.45, 7) is 0.354. The SMILES string of the molecule is NCC(Oc1ccc(Cl)cc1)c1ccccc1Cl. The Bertz CT molecular complexity index is 513. The van der Waals surface area contributed by atoms with Gasteiger partial charge in [0.1, 0.15) is 11.9 Å². The summed E-state index contributed by atoms with van der Waals surface area (Å²) >= 11 is 12.0. The van der Waals surface area contributed by atoms with E-state index < -0.39 is 0 Å². The maximum absolute atomic E-state index is 6.13. The number of ether oxygens (including phenoxy) is 1. The molecule has 0 radical (unpaired) electrons. The maximum atomic E-state index is 6.13. The molecule has 2 aromatic carbocycles. The summed E-state index contributed by atoms with van der Waals surface area (Å²) in [6.07, 6.45) is -0.264. The number of benzene rings is 2. The molecule has 4 heteroatoms. The Balaban J connectivity index is 2.20. The Morgan fingerprint density at radius 1 is 1.00 bits per heavy atom. The fraction of sp³-hybridized carbons (Fsp3) is 0.143. The molecule has 0 heterocycles. The number of halogens is 2. The van der Waals surface area contributed by atoms with Gasteiger partial charge in [-0.05, 0) is 30.3 Å². The van der Waals surface area contributed by atoms with Crippen LogP contribution in [0.15, 0.2) is 48.5 Å². The summed E-state index contributed by atoms with van der Waals surface area (Å²) in [4.78, 5) is 0. The van der Waals surface area contributed by atoms with E-state index in [0.717, 1.165) is 11.3 Å². The molecule has 0 amide bonds. The Morgan fingerprint density at radius 2 is 1.67 bits per heavy atom. The van der Waals surface area contributed by atoms with Crippen LogP contribution >= 0.6 is 23.2 Å². The lowest BCUT2D eigenvalue weighted by Gasteiger charge is -2.19. The second-order valence-corrected chi connectivity index (χ2v) is 4.66. The highest BCUT2D eigenvalue weighted by atomic mass is 35.5. The van der Waals surface area contributed by atoms with Crippen LogP contribution in [0.4, 0.5) is 0 Å². The molecular weight excluding hydrogens is 269 g/mol. The second kappa shape index (κ2) is 6.10. The first-order valence-electron chi connectivity index (χ1n) is 5.57. The molecule has 18 heavy (non-hydrogen) atoms. The van der Waals surface area contributed by atoms with Crippen molar-refractivity contribution in [3.8, 4) is 5.75 Å². The lowest BCUT2D eigenvalue weighted by atomic mass is 10.1. The fourth-order valence-electron chi connectivity index (χ4n) is 1.65. The Labute approximate surface area is 116 Å². The molecule has 2 rings (SSSR count). The van der Waals surface area contributed by atoms with Gasteiger partial charge in [0, 0.05) is 22.2 Å². The zero-order valence-electron chi connectivity index (χ0n) is 9.64. The first kappa shape index (κ1) is 13.2. The van der Waals surface area contributed by atoms with Gasteiger partial charge in [-0.3, -0.25) is 0 Å². The van der Waals surface area contributed by atoms with Gasteiger partial charge in [0.05, 0.1) is 0 Å². The van der Waals surface area contributed by atoms with E-state index in [0.29, 0.717) is 16.6 Å². The van der Waals surface area contributed by atoms with E-state index >= 15 is 0 Å². The van der Waals surface area contributed by atoms with Gasteiger partial charge in [-0.15, -0.1) is 0 Å². The number of hydrogen-bond donors (Lipinski definition) is 1. The minimum atomic E-state index is -0.264. The quantitative estimate of drug-likeness (QED) is 0.917. The normalized spacial score (nSPS) is 12.2. The van der Waals surface area contributed by atoms with Crippen LogP contribution in [0.1, 0.15) is 11.7 Å². The standard InChI is InChI=1S/C14H13Cl2NO/c15-10-5-7-11(8-6-10)18-14(9-17)12-3-1-2-4-13(12)16/h1-8,14H,9,17H2. The molecule has 2 N–H and O–H groups in total. The number of hydrogen-bond acceptors (Lipinski definition) is 2. The van der Waals surface area contributed by atoms with E-state index in [2.05, 4.69) is 0 Å². The molecule has 0 aromatic heterocycles. The van der Waals surface area contributed by atoms with Crippen molar-refractivity contribution in [2.24, 2.45) is 5.73 Å². The van der Waals surface area contributed by atoms with Crippen molar-refractivity contribution in [2.45, 2.75) is 6.10 Å². The number of rotatable bonds is 4. The van der Waals surface area contributed by atoms with Gasteiger partial charge in [-0.2, -0.15) is 0 Å². The van der Waals surface area contributed by atoms with Gasteiger partial charge in [-0.25, -0.2) is 0 Å². The second-order valence-electron chi connectivity index (χ2n) is 3.82. The van der Waals surface area contributed by atoms with Gasteiger partial charge in [0.25, 0.3) is 0 Å². The van der Waals surface area contributed by atoms with Crippen LogP contribution in [0.2, 0.25) is 10.0 Å². The van der Waals surface area contributed by atoms with Crippen LogP contribution < -0.4 is 10.5 Å². The molecule has 0 aliphatic rings. The summed E-state index contributed by atoms with van der Waals surface area (Å²) in [7, 11) is 0. The van der Waals surface area contributed by atoms with Crippen molar-refractivity contribution in [3.63, 3.8) is 0 Å². The van der Waals surface area contributed by atoms with Crippen LogP contribution in [-0.4, -0.2) is 6.54 Å². The summed E-state index contributed by atoms with van der Waals surface area (Å²) in [5.41, 5.74) is 6.63. The van der Waals surface area contributed by atoms with E-state index in [1.165, 1.54) is 0 Å². The summed E-state index contributed by atoms with van der Waals surface area (Å²) < 4.78 is 5.82. The lowest BCUT2D eigenvalue weighted by Crippen LogP contribution is -2.18. The van der Waals surface area contributed by atoms with Gasteiger partial charge in [0.2, 0.25) is 0 Å². The van der Waals surface area contributed by atoms with E-state index in [1.807, 2.05) is 36.4 Å².